The van der Waals surface area contributed by atoms with Gasteiger partial charge >= 0.3 is 0 Å². The summed E-state index contributed by atoms with van der Waals surface area (Å²) in [5, 5.41) is 0. The third-order valence-corrected chi connectivity index (χ3v) is 3.32. The molecule has 1 fully saturated rings. The number of aromatic nitrogens is 2. The molecule has 0 aliphatic carbocycles. The van der Waals surface area contributed by atoms with Crippen LogP contribution in [-0.4, -0.2) is 39.3 Å². The van der Waals surface area contributed by atoms with Crippen LogP contribution in [0.2, 0.25) is 0 Å². The molecule has 0 radical (unpaired) electrons. The second kappa shape index (κ2) is 6.92. The quantitative estimate of drug-likeness (QED) is 0.907. The Bertz CT molecular complexity index is 554. The van der Waals surface area contributed by atoms with Gasteiger partial charge < -0.3 is 15.0 Å². The predicted octanol–water partition coefficient (Wildman–Crippen LogP) is 1.28. The van der Waals surface area contributed by atoms with Crippen molar-refractivity contribution in [2.75, 3.05) is 13.1 Å². The number of likely N-dealkylation sites (tertiary alicyclic amines) is 1. The van der Waals surface area contributed by atoms with E-state index in [0.717, 1.165) is 24.3 Å². The Morgan fingerprint density at radius 3 is 2.85 bits per heavy atom. The van der Waals surface area contributed by atoms with E-state index in [0.29, 0.717) is 13.0 Å². The average Bonchev–Trinajstić information content (AvgIpc) is 2.94. The van der Waals surface area contributed by atoms with Crippen molar-refractivity contribution in [3.05, 3.63) is 36.3 Å². The molecular formula is C13H18Cl2N4O. The zero-order valence-corrected chi connectivity index (χ0v) is 12.6. The number of imidazole rings is 1. The Labute approximate surface area is 130 Å². The molecule has 1 saturated heterocycles. The largest absolute Gasteiger partial charge is 0.341 e. The highest BCUT2D eigenvalue weighted by Gasteiger charge is 2.23. The number of carbonyl (C=O) groups excluding carboxylic acids is 1. The van der Waals surface area contributed by atoms with Gasteiger partial charge in [-0.2, -0.15) is 0 Å². The van der Waals surface area contributed by atoms with Crippen LogP contribution in [0.15, 0.2) is 30.6 Å². The molecule has 0 aromatic carbocycles. The lowest BCUT2D eigenvalue weighted by atomic mass is 10.3. The second-order valence-electron chi connectivity index (χ2n) is 4.76. The number of nitrogens with two attached hydrogens (primary N) is 1. The van der Waals surface area contributed by atoms with Crippen molar-refractivity contribution in [2.45, 2.75) is 18.9 Å². The number of halogens is 2. The monoisotopic (exact) mass is 316 g/mol. The van der Waals surface area contributed by atoms with Gasteiger partial charge in [-0.1, -0.05) is 6.07 Å². The molecule has 0 spiro atoms. The number of hydrogen-bond acceptors (Lipinski definition) is 3. The third-order valence-electron chi connectivity index (χ3n) is 3.32. The highest BCUT2D eigenvalue weighted by Crippen LogP contribution is 2.11. The highest BCUT2D eigenvalue weighted by molar-refractivity contribution is 5.85. The van der Waals surface area contributed by atoms with Gasteiger partial charge in [0.1, 0.15) is 5.65 Å². The second-order valence-corrected chi connectivity index (χ2v) is 4.76. The predicted molar refractivity (Wildman–Crippen MR) is 82.6 cm³/mol. The molecule has 1 aliphatic heterocycles. The van der Waals surface area contributed by atoms with Gasteiger partial charge in [0.15, 0.2) is 0 Å². The van der Waals surface area contributed by atoms with E-state index in [1.165, 1.54) is 0 Å². The Balaban J connectivity index is 0.000001000. The molecule has 2 N–H and O–H groups in total. The van der Waals surface area contributed by atoms with Gasteiger partial charge in [-0.05, 0) is 18.6 Å². The molecule has 5 nitrogen and oxygen atoms in total. The van der Waals surface area contributed by atoms with Crippen molar-refractivity contribution >= 4 is 36.4 Å². The number of nitrogens with zero attached hydrogens (tertiary/aromatic N) is 3. The minimum atomic E-state index is 0. The fourth-order valence-electron chi connectivity index (χ4n) is 2.35. The van der Waals surface area contributed by atoms with Crippen molar-refractivity contribution in [3.8, 4) is 0 Å². The van der Waals surface area contributed by atoms with Crippen molar-refractivity contribution in [2.24, 2.45) is 5.73 Å². The van der Waals surface area contributed by atoms with Crippen LogP contribution in [-0.2, 0) is 11.2 Å². The standard InChI is InChI=1S/C13H16N4O.2ClH/c14-10-4-6-17(8-10)13(18)7-11-9-16-5-2-1-3-12(16)15-11;;/h1-3,5,9-10H,4,6-8,14H2;2*1H/t10-;;/m1../s1. The summed E-state index contributed by atoms with van der Waals surface area (Å²) in [7, 11) is 0. The van der Waals surface area contributed by atoms with Gasteiger partial charge in [-0.25, -0.2) is 4.98 Å². The number of rotatable bonds is 2. The van der Waals surface area contributed by atoms with Crippen molar-refractivity contribution in [1.82, 2.24) is 14.3 Å². The molecule has 1 amide bonds. The average molecular weight is 317 g/mol. The summed E-state index contributed by atoms with van der Waals surface area (Å²) in [6, 6.07) is 5.95. The maximum atomic E-state index is 12.1. The molecule has 1 aliphatic rings. The Morgan fingerprint density at radius 2 is 2.20 bits per heavy atom. The van der Waals surface area contributed by atoms with Gasteiger partial charge in [0.25, 0.3) is 0 Å². The summed E-state index contributed by atoms with van der Waals surface area (Å²) in [6.07, 6.45) is 5.09. The van der Waals surface area contributed by atoms with Gasteiger partial charge in [0, 0.05) is 31.5 Å². The zero-order valence-electron chi connectivity index (χ0n) is 10.9. The SMILES string of the molecule is Cl.Cl.N[C@@H]1CCN(C(=O)Cc2cn3ccccc3n2)C1. The molecule has 0 saturated carbocycles. The molecule has 3 rings (SSSR count). The normalized spacial score (nSPS) is 17.6. The van der Waals surface area contributed by atoms with Gasteiger partial charge in [-0.15, -0.1) is 24.8 Å². The fraction of sp³-hybridized carbons (Fsp3) is 0.385. The maximum Gasteiger partial charge on any atom is 0.228 e. The van der Waals surface area contributed by atoms with Crippen LogP contribution in [0.3, 0.4) is 0 Å². The van der Waals surface area contributed by atoms with E-state index in [4.69, 9.17) is 5.73 Å². The van der Waals surface area contributed by atoms with Gasteiger partial charge in [0.2, 0.25) is 5.91 Å². The molecule has 1 atom stereocenters. The van der Waals surface area contributed by atoms with Crippen molar-refractivity contribution < 1.29 is 4.79 Å². The fourth-order valence-corrected chi connectivity index (χ4v) is 2.35. The van der Waals surface area contributed by atoms with Gasteiger partial charge in [-0.3, -0.25) is 4.79 Å². The molecule has 2 aromatic heterocycles. The van der Waals surface area contributed by atoms with Crippen LogP contribution < -0.4 is 5.73 Å². The maximum absolute atomic E-state index is 12.1. The number of fused-ring (bicyclic) bond motifs is 1. The lowest BCUT2D eigenvalue weighted by Crippen LogP contribution is -2.32. The van der Waals surface area contributed by atoms with E-state index in [1.54, 1.807) is 0 Å². The summed E-state index contributed by atoms with van der Waals surface area (Å²) in [6.45, 7) is 1.44. The van der Waals surface area contributed by atoms with E-state index < -0.39 is 0 Å². The molecule has 2 aromatic rings. The van der Waals surface area contributed by atoms with E-state index >= 15 is 0 Å². The van der Waals surface area contributed by atoms with Crippen LogP contribution in [0, 0.1) is 0 Å². The van der Waals surface area contributed by atoms with Crippen LogP contribution in [0.25, 0.3) is 5.65 Å². The number of carbonyl (C=O) groups is 1. The highest BCUT2D eigenvalue weighted by atomic mass is 35.5. The first kappa shape index (κ1) is 16.8. The molecular weight excluding hydrogens is 299 g/mol. The third kappa shape index (κ3) is 3.42. The molecule has 20 heavy (non-hydrogen) atoms. The van der Waals surface area contributed by atoms with Crippen LogP contribution >= 0.6 is 24.8 Å². The summed E-state index contributed by atoms with van der Waals surface area (Å²) in [4.78, 5) is 18.3. The van der Waals surface area contributed by atoms with E-state index in [-0.39, 0.29) is 36.8 Å². The summed E-state index contributed by atoms with van der Waals surface area (Å²) >= 11 is 0. The topological polar surface area (TPSA) is 63.6 Å². The van der Waals surface area contributed by atoms with Crippen molar-refractivity contribution in [3.63, 3.8) is 0 Å². The van der Waals surface area contributed by atoms with E-state index in [1.807, 2.05) is 39.9 Å². The van der Waals surface area contributed by atoms with Crippen LogP contribution in [0.1, 0.15) is 12.1 Å². The first-order valence-corrected chi connectivity index (χ1v) is 6.18. The Kier molecular flexibility index (Phi) is 5.80. The first-order valence-electron chi connectivity index (χ1n) is 6.18. The smallest absolute Gasteiger partial charge is 0.228 e. The molecule has 3 heterocycles. The lowest BCUT2D eigenvalue weighted by Gasteiger charge is -2.14. The molecule has 0 unspecified atom stereocenters. The summed E-state index contributed by atoms with van der Waals surface area (Å²) in [5.74, 6) is 0.117. The summed E-state index contributed by atoms with van der Waals surface area (Å²) < 4.78 is 1.93. The van der Waals surface area contributed by atoms with E-state index in [9.17, 15) is 4.79 Å². The summed E-state index contributed by atoms with van der Waals surface area (Å²) in [5.41, 5.74) is 7.49. The molecule has 7 heteroatoms. The number of pyridine rings is 1. The van der Waals surface area contributed by atoms with E-state index in [2.05, 4.69) is 4.98 Å². The minimum Gasteiger partial charge on any atom is -0.341 e. The van der Waals surface area contributed by atoms with Gasteiger partial charge in [0.05, 0.1) is 12.1 Å². The number of hydrogen-bond donors (Lipinski definition) is 1. The molecule has 0 bridgehead atoms. The van der Waals surface area contributed by atoms with Crippen LogP contribution in [0.5, 0.6) is 0 Å². The minimum absolute atomic E-state index is 0. The lowest BCUT2D eigenvalue weighted by molar-refractivity contribution is -0.129. The molecule has 110 valence electrons. The Hall–Kier alpha value is -1.30. The number of amides is 1. The first-order chi connectivity index (χ1) is 8.72. The Morgan fingerprint density at radius 1 is 1.40 bits per heavy atom. The zero-order chi connectivity index (χ0) is 12.5. The van der Waals surface area contributed by atoms with Crippen molar-refractivity contribution in [1.29, 1.82) is 0 Å². The van der Waals surface area contributed by atoms with Crippen LogP contribution in [0.4, 0.5) is 0 Å².